The van der Waals surface area contributed by atoms with E-state index in [1.165, 1.54) is 6.42 Å². The van der Waals surface area contributed by atoms with Gasteiger partial charge in [-0.3, -0.25) is 4.79 Å². The lowest BCUT2D eigenvalue weighted by atomic mass is 9.49. The number of rotatable bonds is 0. The Hall–Kier alpha value is -0.410. The van der Waals surface area contributed by atoms with Gasteiger partial charge in [-0.1, -0.05) is 13.8 Å². The number of Topliss-reactive ketones (excluding diaryl/α,β-unsaturated/α-hetero) is 1. The van der Waals surface area contributed by atoms with Crippen LogP contribution in [0.3, 0.4) is 0 Å². The van der Waals surface area contributed by atoms with Crippen molar-refractivity contribution in [2.45, 2.75) is 78.1 Å². The van der Waals surface area contributed by atoms with E-state index in [2.05, 4.69) is 13.8 Å². The molecule has 3 heteroatoms. The summed E-state index contributed by atoms with van der Waals surface area (Å²) in [5.74, 6) is 0.444. The van der Waals surface area contributed by atoms with Gasteiger partial charge in [0.1, 0.15) is 5.78 Å². The van der Waals surface area contributed by atoms with Gasteiger partial charge in [0.15, 0.2) is 5.79 Å². The van der Waals surface area contributed by atoms with Crippen LogP contribution in [0.5, 0.6) is 0 Å². The Morgan fingerprint density at radius 1 is 1.10 bits per heavy atom. The van der Waals surface area contributed by atoms with Crippen molar-refractivity contribution in [3.63, 3.8) is 0 Å². The Morgan fingerprint density at radius 3 is 2.60 bits per heavy atom. The largest absolute Gasteiger partial charge is 0.350 e. The van der Waals surface area contributed by atoms with Gasteiger partial charge >= 0.3 is 0 Å². The number of ketones is 1. The summed E-state index contributed by atoms with van der Waals surface area (Å²) in [7, 11) is 0. The highest BCUT2D eigenvalue weighted by molar-refractivity contribution is 5.85. The second-order valence-corrected chi connectivity index (χ2v) is 7.93. The van der Waals surface area contributed by atoms with Crippen LogP contribution in [-0.4, -0.2) is 24.3 Å². The van der Waals surface area contributed by atoms with E-state index < -0.39 is 5.79 Å². The molecule has 0 aromatic heterocycles. The second-order valence-electron chi connectivity index (χ2n) is 7.93. The Morgan fingerprint density at radius 2 is 1.85 bits per heavy atom. The SMILES string of the molecule is CC1(C)OCC[C@]2(C)[C@H]3CCCC(=O)[C@]3(C)CC[C@H]2O1. The number of fused-ring (bicyclic) bond motifs is 3. The zero-order chi connectivity index (χ0) is 14.6. The van der Waals surface area contributed by atoms with Crippen LogP contribution in [0.1, 0.15) is 66.2 Å². The molecule has 0 aromatic carbocycles. The van der Waals surface area contributed by atoms with Crippen LogP contribution in [0.25, 0.3) is 0 Å². The molecule has 0 spiro atoms. The smallest absolute Gasteiger partial charge is 0.163 e. The third-order valence-corrected chi connectivity index (χ3v) is 6.28. The molecule has 3 rings (SSSR count). The van der Waals surface area contributed by atoms with Crippen LogP contribution in [-0.2, 0) is 14.3 Å². The van der Waals surface area contributed by atoms with Gasteiger partial charge in [0.05, 0.1) is 12.7 Å². The van der Waals surface area contributed by atoms with Crippen LogP contribution >= 0.6 is 0 Å². The summed E-state index contributed by atoms with van der Waals surface area (Å²) in [6.45, 7) is 9.30. The summed E-state index contributed by atoms with van der Waals surface area (Å²) in [5.41, 5.74) is -0.0435. The molecule has 2 aliphatic carbocycles. The quantitative estimate of drug-likeness (QED) is 0.678. The Labute approximate surface area is 122 Å². The standard InChI is InChI=1S/C17H28O3/c1-15(2)19-11-10-17(4)12-6-5-7-13(18)16(12,3)9-8-14(17)20-15/h12,14H,5-11H2,1-4H3/t12-,14+,16+,17+/m0/s1. The third-order valence-electron chi connectivity index (χ3n) is 6.28. The fraction of sp³-hybridized carbons (Fsp3) is 0.941. The van der Waals surface area contributed by atoms with E-state index in [1.807, 2.05) is 13.8 Å². The van der Waals surface area contributed by atoms with Crippen molar-refractivity contribution >= 4 is 5.78 Å². The molecule has 3 aliphatic rings. The van der Waals surface area contributed by atoms with E-state index in [0.717, 1.165) is 38.7 Å². The van der Waals surface area contributed by atoms with E-state index in [1.54, 1.807) is 0 Å². The van der Waals surface area contributed by atoms with Gasteiger partial charge in [0, 0.05) is 11.8 Å². The van der Waals surface area contributed by atoms with Crippen molar-refractivity contribution in [1.29, 1.82) is 0 Å². The van der Waals surface area contributed by atoms with Gasteiger partial charge in [-0.05, 0) is 57.3 Å². The summed E-state index contributed by atoms with van der Waals surface area (Å²) in [4.78, 5) is 12.5. The van der Waals surface area contributed by atoms with Crippen molar-refractivity contribution in [2.24, 2.45) is 16.7 Å². The first-order chi connectivity index (χ1) is 9.28. The molecule has 3 nitrogen and oxygen atoms in total. The number of hydrogen-bond acceptors (Lipinski definition) is 3. The van der Waals surface area contributed by atoms with Gasteiger partial charge in [0.25, 0.3) is 0 Å². The fourth-order valence-electron chi connectivity index (χ4n) is 5.04. The number of ether oxygens (including phenoxy) is 2. The monoisotopic (exact) mass is 280 g/mol. The van der Waals surface area contributed by atoms with Crippen LogP contribution in [0, 0.1) is 16.7 Å². The van der Waals surface area contributed by atoms with Gasteiger partial charge in [0.2, 0.25) is 0 Å². The van der Waals surface area contributed by atoms with Gasteiger partial charge < -0.3 is 9.47 Å². The molecule has 20 heavy (non-hydrogen) atoms. The fourth-order valence-corrected chi connectivity index (χ4v) is 5.04. The molecule has 1 aliphatic heterocycles. The highest BCUT2D eigenvalue weighted by atomic mass is 16.7. The third kappa shape index (κ3) is 2.05. The Balaban J connectivity index is 1.95. The normalized spacial score (nSPS) is 48.1. The first-order valence-corrected chi connectivity index (χ1v) is 8.13. The minimum Gasteiger partial charge on any atom is -0.350 e. The van der Waals surface area contributed by atoms with Crippen LogP contribution in [0.15, 0.2) is 0 Å². The van der Waals surface area contributed by atoms with E-state index in [-0.39, 0.29) is 16.9 Å². The number of carbonyl (C=O) groups excluding carboxylic acids is 1. The maximum Gasteiger partial charge on any atom is 0.163 e. The van der Waals surface area contributed by atoms with E-state index in [4.69, 9.17) is 9.47 Å². The van der Waals surface area contributed by atoms with Crippen molar-refractivity contribution in [1.82, 2.24) is 0 Å². The maximum absolute atomic E-state index is 12.5. The highest BCUT2D eigenvalue weighted by Crippen LogP contribution is 2.59. The van der Waals surface area contributed by atoms with E-state index in [9.17, 15) is 4.79 Å². The second kappa shape index (κ2) is 4.54. The molecule has 114 valence electrons. The topological polar surface area (TPSA) is 35.5 Å². The summed E-state index contributed by atoms with van der Waals surface area (Å²) in [6, 6.07) is 0. The van der Waals surface area contributed by atoms with Gasteiger partial charge in [-0.2, -0.15) is 0 Å². The van der Waals surface area contributed by atoms with E-state index >= 15 is 0 Å². The Bertz CT molecular complexity index is 416. The minimum atomic E-state index is -0.491. The molecule has 0 radical (unpaired) electrons. The summed E-state index contributed by atoms with van der Waals surface area (Å²) in [6.07, 6.45) is 6.19. The Kier molecular flexibility index (Phi) is 3.30. The van der Waals surface area contributed by atoms with Gasteiger partial charge in [-0.25, -0.2) is 0 Å². The average Bonchev–Trinajstić information content (AvgIpc) is 2.47. The van der Waals surface area contributed by atoms with Crippen LogP contribution in [0.4, 0.5) is 0 Å². The predicted octanol–water partition coefficient (Wildman–Crippen LogP) is 3.70. The lowest BCUT2D eigenvalue weighted by Crippen LogP contribution is -2.57. The summed E-state index contributed by atoms with van der Waals surface area (Å²) in [5, 5.41) is 0. The lowest BCUT2D eigenvalue weighted by molar-refractivity contribution is -0.248. The molecule has 0 N–H and O–H groups in total. The van der Waals surface area contributed by atoms with Crippen molar-refractivity contribution in [3.8, 4) is 0 Å². The first-order valence-electron chi connectivity index (χ1n) is 8.13. The molecule has 2 saturated carbocycles. The molecule has 0 bridgehead atoms. The van der Waals surface area contributed by atoms with E-state index in [0.29, 0.717) is 11.7 Å². The highest BCUT2D eigenvalue weighted by Gasteiger charge is 2.59. The predicted molar refractivity (Wildman–Crippen MR) is 77.3 cm³/mol. The zero-order valence-corrected chi connectivity index (χ0v) is 13.3. The molecule has 4 atom stereocenters. The maximum atomic E-state index is 12.5. The van der Waals surface area contributed by atoms with Crippen molar-refractivity contribution in [3.05, 3.63) is 0 Å². The molecule has 0 aromatic rings. The first kappa shape index (κ1) is 14.5. The molecular weight excluding hydrogens is 252 g/mol. The molecular formula is C17H28O3. The molecule has 0 unspecified atom stereocenters. The van der Waals surface area contributed by atoms with Crippen LogP contribution in [0.2, 0.25) is 0 Å². The minimum absolute atomic E-state index is 0.0802. The number of carbonyl (C=O) groups is 1. The summed E-state index contributed by atoms with van der Waals surface area (Å²) < 4.78 is 12.2. The average molecular weight is 280 g/mol. The molecule has 1 heterocycles. The molecule has 0 amide bonds. The van der Waals surface area contributed by atoms with Crippen molar-refractivity contribution < 1.29 is 14.3 Å². The zero-order valence-electron chi connectivity index (χ0n) is 13.3. The molecule has 3 fully saturated rings. The van der Waals surface area contributed by atoms with Crippen LogP contribution < -0.4 is 0 Å². The van der Waals surface area contributed by atoms with Gasteiger partial charge in [-0.15, -0.1) is 0 Å². The number of hydrogen-bond donors (Lipinski definition) is 0. The summed E-state index contributed by atoms with van der Waals surface area (Å²) >= 11 is 0. The lowest BCUT2D eigenvalue weighted by Gasteiger charge is -2.56. The van der Waals surface area contributed by atoms with Crippen molar-refractivity contribution in [2.75, 3.05) is 6.61 Å². The molecule has 1 saturated heterocycles.